The number of benzene rings is 1. The molecule has 12 heteroatoms. The molecule has 3 aromatic rings. The molecule has 4 heterocycles. The summed E-state index contributed by atoms with van der Waals surface area (Å²) in [4.78, 5) is 27.4. The zero-order valence-corrected chi connectivity index (χ0v) is 20.2. The van der Waals surface area contributed by atoms with E-state index >= 15 is 0 Å². The van der Waals surface area contributed by atoms with Gasteiger partial charge in [0.05, 0.1) is 5.69 Å². The monoisotopic (exact) mass is 516 g/mol. The first-order valence-corrected chi connectivity index (χ1v) is 11.8. The second-order valence-electron chi connectivity index (χ2n) is 8.87. The van der Waals surface area contributed by atoms with Crippen molar-refractivity contribution >= 4 is 23.4 Å². The fourth-order valence-electron chi connectivity index (χ4n) is 4.33. The van der Waals surface area contributed by atoms with Crippen LogP contribution in [0.5, 0.6) is 0 Å². The molecule has 0 saturated heterocycles. The van der Waals surface area contributed by atoms with Crippen molar-refractivity contribution in [3.8, 4) is 0 Å². The quantitative estimate of drug-likeness (QED) is 0.420. The molecule has 4 N–H and O–H groups in total. The van der Waals surface area contributed by atoms with Crippen LogP contribution in [0.4, 0.5) is 24.7 Å². The molecule has 2 aliphatic rings. The van der Waals surface area contributed by atoms with Gasteiger partial charge < -0.3 is 25.6 Å². The van der Waals surface area contributed by atoms with E-state index in [4.69, 9.17) is 9.90 Å². The standard InChI is InChI=1S/C23H26N6O.C2HF3O2/c1-15-7-8-22(28-27-15)29-11-9-18-16(14-29)4-2-5-20(18)26-23(30)21-12-17-13-24-10-3-6-19(17)25-21;3-2(4,5)1(6)7/h2,4-5,7-8,12,24-25H,3,6,9-11,13-14H2,1H3,(H,26,30);(H,6,7). The molecular weight excluding hydrogens is 489 g/mol. The molecule has 9 nitrogen and oxygen atoms in total. The maximum absolute atomic E-state index is 12.9. The Balaban J connectivity index is 0.000000405. The number of nitrogens with zero attached hydrogens (tertiary/aromatic N) is 3. The lowest BCUT2D eigenvalue weighted by molar-refractivity contribution is -0.192. The van der Waals surface area contributed by atoms with Crippen molar-refractivity contribution in [1.82, 2.24) is 20.5 Å². The molecule has 0 radical (unpaired) electrons. The van der Waals surface area contributed by atoms with Crippen molar-refractivity contribution in [2.45, 2.75) is 45.5 Å². The molecule has 0 saturated carbocycles. The lowest BCUT2D eigenvalue weighted by Crippen LogP contribution is -2.32. The molecule has 0 spiro atoms. The molecule has 1 aromatic carbocycles. The number of aryl methyl sites for hydroxylation is 2. The number of aliphatic carboxylic acids is 1. The first-order chi connectivity index (χ1) is 17.6. The van der Waals surface area contributed by atoms with Crippen LogP contribution >= 0.6 is 0 Å². The van der Waals surface area contributed by atoms with Gasteiger partial charge in [-0.25, -0.2) is 4.79 Å². The summed E-state index contributed by atoms with van der Waals surface area (Å²) in [5.74, 6) is -1.95. The second kappa shape index (κ2) is 11.0. The van der Waals surface area contributed by atoms with E-state index in [1.165, 1.54) is 22.4 Å². The number of hydrogen-bond donors (Lipinski definition) is 4. The van der Waals surface area contributed by atoms with Gasteiger partial charge in [0.25, 0.3) is 5.91 Å². The van der Waals surface area contributed by atoms with Gasteiger partial charge in [0, 0.05) is 31.0 Å². The van der Waals surface area contributed by atoms with E-state index in [0.717, 1.165) is 62.6 Å². The van der Waals surface area contributed by atoms with E-state index in [2.05, 4.69) is 36.8 Å². The van der Waals surface area contributed by atoms with Crippen LogP contribution in [-0.4, -0.2) is 51.4 Å². The Labute approximate surface area is 211 Å². The fraction of sp³-hybridized carbons (Fsp3) is 0.360. The molecule has 0 unspecified atom stereocenters. The van der Waals surface area contributed by atoms with Crippen molar-refractivity contribution in [2.24, 2.45) is 0 Å². The zero-order valence-electron chi connectivity index (χ0n) is 20.2. The molecule has 196 valence electrons. The minimum Gasteiger partial charge on any atom is -0.475 e. The molecule has 0 fully saturated rings. The Morgan fingerprint density at radius 3 is 2.59 bits per heavy atom. The third-order valence-corrected chi connectivity index (χ3v) is 6.20. The summed E-state index contributed by atoms with van der Waals surface area (Å²) in [6.45, 7) is 5.39. The Morgan fingerprint density at radius 1 is 1.11 bits per heavy atom. The molecule has 1 amide bonds. The van der Waals surface area contributed by atoms with Crippen molar-refractivity contribution in [3.63, 3.8) is 0 Å². The summed E-state index contributed by atoms with van der Waals surface area (Å²) in [5.41, 5.74) is 7.24. The minimum absolute atomic E-state index is 0.0803. The van der Waals surface area contributed by atoms with Crippen LogP contribution in [0.1, 0.15) is 45.0 Å². The maximum Gasteiger partial charge on any atom is 0.490 e. The highest BCUT2D eigenvalue weighted by atomic mass is 19.4. The largest absolute Gasteiger partial charge is 0.490 e. The van der Waals surface area contributed by atoms with E-state index in [1.807, 2.05) is 37.3 Å². The van der Waals surface area contributed by atoms with Gasteiger partial charge >= 0.3 is 12.1 Å². The van der Waals surface area contributed by atoms with Gasteiger partial charge in [-0.15, -0.1) is 5.10 Å². The van der Waals surface area contributed by atoms with Crippen LogP contribution in [0.2, 0.25) is 0 Å². The third kappa shape index (κ3) is 6.45. The molecule has 0 bridgehead atoms. The number of aromatic amines is 1. The number of aromatic nitrogens is 3. The number of amides is 1. The fourth-order valence-corrected chi connectivity index (χ4v) is 4.33. The highest BCUT2D eigenvalue weighted by Gasteiger charge is 2.38. The zero-order chi connectivity index (χ0) is 26.6. The lowest BCUT2D eigenvalue weighted by Gasteiger charge is -2.30. The summed E-state index contributed by atoms with van der Waals surface area (Å²) in [6.07, 6.45) is -2.16. The predicted octanol–water partition coefficient (Wildman–Crippen LogP) is 3.60. The summed E-state index contributed by atoms with van der Waals surface area (Å²) >= 11 is 0. The van der Waals surface area contributed by atoms with Crippen molar-refractivity contribution in [3.05, 3.63) is 70.2 Å². The Bertz CT molecular complexity index is 1250. The SMILES string of the molecule is Cc1ccc(N2CCc3c(cccc3NC(=O)c3cc4c([nH]3)CCCNC4)C2)nn1.O=C(O)C(F)(F)F. The second-order valence-corrected chi connectivity index (χ2v) is 8.87. The first-order valence-electron chi connectivity index (χ1n) is 11.8. The number of rotatable bonds is 3. The predicted molar refractivity (Wildman–Crippen MR) is 130 cm³/mol. The van der Waals surface area contributed by atoms with Crippen LogP contribution in [-0.2, 0) is 30.7 Å². The lowest BCUT2D eigenvalue weighted by atomic mass is 9.97. The van der Waals surface area contributed by atoms with Gasteiger partial charge in [-0.2, -0.15) is 18.3 Å². The molecule has 37 heavy (non-hydrogen) atoms. The number of carboxylic acids is 1. The Morgan fingerprint density at radius 2 is 1.89 bits per heavy atom. The van der Waals surface area contributed by atoms with E-state index in [1.54, 1.807) is 0 Å². The number of H-pyrrole nitrogens is 1. The average molecular weight is 517 g/mol. The number of anilines is 2. The number of halogens is 3. The smallest absolute Gasteiger partial charge is 0.475 e. The summed E-state index contributed by atoms with van der Waals surface area (Å²) in [7, 11) is 0. The average Bonchev–Trinajstić information content (AvgIpc) is 3.14. The van der Waals surface area contributed by atoms with Gasteiger partial charge in [-0.1, -0.05) is 12.1 Å². The number of carbonyl (C=O) groups is 2. The molecule has 5 rings (SSSR count). The van der Waals surface area contributed by atoms with E-state index in [0.29, 0.717) is 5.69 Å². The number of fused-ring (bicyclic) bond motifs is 2. The number of nitrogens with one attached hydrogen (secondary N) is 3. The molecule has 0 aliphatic carbocycles. The maximum atomic E-state index is 12.9. The number of carbonyl (C=O) groups excluding carboxylic acids is 1. The van der Waals surface area contributed by atoms with E-state index < -0.39 is 12.1 Å². The molecule has 2 aromatic heterocycles. The molecule has 2 aliphatic heterocycles. The van der Waals surface area contributed by atoms with Gasteiger partial charge in [-0.05, 0) is 73.7 Å². The highest BCUT2D eigenvalue weighted by molar-refractivity contribution is 6.03. The topological polar surface area (TPSA) is 123 Å². The Hall–Kier alpha value is -3.93. The summed E-state index contributed by atoms with van der Waals surface area (Å²) < 4.78 is 31.7. The normalized spacial score (nSPS) is 15.0. The third-order valence-electron chi connectivity index (χ3n) is 6.20. The summed E-state index contributed by atoms with van der Waals surface area (Å²) in [6, 6.07) is 12.1. The van der Waals surface area contributed by atoms with Crippen LogP contribution < -0.4 is 15.5 Å². The minimum atomic E-state index is -5.08. The Kier molecular flexibility index (Phi) is 7.77. The van der Waals surface area contributed by atoms with Crippen LogP contribution in [0.3, 0.4) is 0 Å². The van der Waals surface area contributed by atoms with Crippen LogP contribution in [0.15, 0.2) is 36.4 Å². The van der Waals surface area contributed by atoms with Crippen molar-refractivity contribution in [1.29, 1.82) is 0 Å². The van der Waals surface area contributed by atoms with E-state index in [-0.39, 0.29) is 5.91 Å². The first kappa shape index (κ1) is 26.1. The highest BCUT2D eigenvalue weighted by Crippen LogP contribution is 2.29. The molecular formula is C25H27F3N6O3. The van der Waals surface area contributed by atoms with Gasteiger partial charge in [0.15, 0.2) is 5.82 Å². The van der Waals surface area contributed by atoms with Crippen molar-refractivity contribution < 1.29 is 27.9 Å². The number of alkyl halides is 3. The number of hydrogen-bond acceptors (Lipinski definition) is 6. The number of carboxylic acid groups (broad SMARTS) is 1. The van der Waals surface area contributed by atoms with Crippen LogP contribution in [0, 0.1) is 6.92 Å². The van der Waals surface area contributed by atoms with Gasteiger partial charge in [0.2, 0.25) is 0 Å². The van der Waals surface area contributed by atoms with Crippen molar-refractivity contribution in [2.75, 3.05) is 23.3 Å². The molecule has 0 atom stereocenters. The van der Waals surface area contributed by atoms with Gasteiger partial charge in [0.1, 0.15) is 5.69 Å². The van der Waals surface area contributed by atoms with E-state index in [9.17, 15) is 18.0 Å². The van der Waals surface area contributed by atoms with Gasteiger partial charge in [-0.3, -0.25) is 4.79 Å². The van der Waals surface area contributed by atoms with Crippen LogP contribution in [0.25, 0.3) is 0 Å². The summed E-state index contributed by atoms with van der Waals surface area (Å²) in [5, 5.41) is 22.2.